The third-order valence-electron chi connectivity index (χ3n) is 5.54. The van der Waals surface area contributed by atoms with Crippen LogP contribution in [0.1, 0.15) is 42.1 Å². The number of hydrogen-bond acceptors (Lipinski definition) is 3. The Labute approximate surface area is 175 Å². The van der Waals surface area contributed by atoms with Crippen LogP contribution < -0.4 is 5.32 Å². The van der Waals surface area contributed by atoms with Gasteiger partial charge in [0.1, 0.15) is 12.4 Å². The number of fused-ring (bicyclic) bond motifs is 3. The Morgan fingerprint density at radius 3 is 2.17 bits per heavy atom. The van der Waals surface area contributed by atoms with Crippen LogP contribution in [0, 0.1) is 5.82 Å². The number of benzene rings is 3. The summed E-state index contributed by atoms with van der Waals surface area (Å²) in [5.41, 5.74) is 5.28. The minimum Gasteiger partial charge on any atom is -0.449 e. The maximum Gasteiger partial charge on any atom is 0.407 e. The van der Waals surface area contributed by atoms with Crippen LogP contribution in [0.3, 0.4) is 0 Å². The van der Waals surface area contributed by atoms with Crippen molar-refractivity contribution in [1.82, 2.24) is 5.32 Å². The molecule has 0 fully saturated rings. The minimum absolute atomic E-state index is 0.00302. The zero-order valence-electron chi connectivity index (χ0n) is 16.7. The molecule has 4 rings (SSSR count). The summed E-state index contributed by atoms with van der Waals surface area (Å²) in [5.74, 6) is -0.348. The van der Waals surface area contributed by atoms with Crippen molar-refractivity contribution in [2.75, 3.05) is 6.61 Å². The van der Waals surface area contributed by atoms with E-state index in [0.717, 1.165) is 11.1 Å². The summed E-state index contributed by atoms with van der Waals surface area (Å²) in [6.07, 6.45) is -1.01. The molecule has 1 amide bonds. The Bertz CT molecular complexity index is 989. The molecule has 0 spiro atoms. The Hall–Kier alpha value is -3.18. The monoisotopic (exact) mass is 405 g/mol. The molecule has 154 valence electrons. The van der Waals surface area contributed by atoms with Gasteiger partial charge in [-0.1, -0.05) is 60.7 Å². The smallest absolute Gasteiger partial charge is 0.407 e. The molecule has 0 bridgehead atoms. The Balaban J connectivity index is 1.34. The van der Waals surface area contributed by atoms with Crippen LogP contribution >= 0.6 is 0 Å². The molecule has 0 radical (unpaired) electrons. The number of ether oxygens (including phenoxy) is 1. The molecule has 2 unspecified atom stereocenters. The van der Waals surface area contributed by atoms with E-state index in [1.54, 1.807) is 19.1 Å². The molecule has 0 aliphatic heterocycles. The topological polar surface area (TPSA) is 58.6 Å². The average Bonchev–Trinajstić information content (AvgIpc) is 3.06. The van der Waals surface area contributed by atoms with Crippen LogP contribution in [0.2, 0.25) is 0 Å². The van der Waals surface area contributed by atoms with Gasteiger partial charge in [0.15, 0.2) is 0 Å². The van der Waals surface area contributed by atoms with E-state index >= 15 is 0 Å². The van der Waals surface area contributed by atoms with Gasteiger partial charge in [0.2, 0.25) is 0 Å². The molecule has 2 N–H and O–H groups in total. The molecule has 2 atom stereocenters. The Morgan fingerprint density at radius 1 is 1.00 bits per heavy atom. The maximum atomic E-state index is 13.0. The van der Waals surface area contributed by atoms with Gasteiger partial charge in [-0.25, -0.2) is 9.18 Å². The fraction of sp³-hybridized carbons (Fsp3) is 0.240. The van der Waals surface area contributed by atoms with E-state index in [9.17, 15) is 14.3 Å². The SMILES string of the molecule is CC(CC(O)c1ccc(F)cc1)NC(=O)OCC1c2ccccc2-c2ccccc21. The third kappa shape index (κ3) is 4.21. The predicted molar refractivity (Wildman–Crippen MR) is 114 cm³/mol. The van der Waals surface area contributed by atoms with Crippen LogP contribution in [0.15, 0.2) is 72.8 Å². The highest BCUT2D eigenvalue weighted by Gasteiger charge is 2.29. The number of aliphatic hydroxyl groups excluding tert-OH is 1. The van der Waals surface area contributed by atoms with Crippen molar-refractivity contribution >= 4 is 6.09 Å². The van der Waals surface area contributed by atoms with Gasteiger partial charge in [0.25, 0.3) is 0 Å². The van der Waals surface area contributed by atoms with Crippen molar-refractivity contribution in [2.24, 2.45) is 0 Å². The molecule has 3 aromatic rings. The summed E-state index contributed by atoms with van der Waals surface area (Å²) in [5, 5.41) is 13.1. The quantitative estimate of drug-likeness (QED) is 0.594. The van der Waals surface area contributed by atoms with Crippen LogP contribution in [-0.2, 0) is 4.74 Å². The lowest BCUT2D eigenvalue weighted by atomic mass is 9.98. The highest BCUT2D eigenvalue weighted by Crippen LogP contribution is 2.44. The van der Waals surface area contributed by atoms with E-state index in [2.05, 4.69) is 29.6 Å². The van der Waals surface area contributed by atoms with E-state index in [-0.39, 0.29) is 24.4 Å². The zero-order valence-corrected chi connectivity index (χ0v) is 16.7. The van der Waals surface area contributed by atoms with Crippen LogP contribution in [-0.4, -0.2) is 23.8 Å². The molecular formula is C25H24FNO3. The maximum absolute atomic E-state index is 13.0. The first-order valence-electron chi connectivity index (χ1n) is 10.1. The first kappa shape index (κ1) is 20.1. The number of hydrogen-bond donors (Lipinski definition) is 2. The van der Waals surface area contributed by atoms with Crippen LogP contribution in [0.4, 0.5) is 9.18 Å². The molecule has 1 aliphatic carbocycles. The van der Waals surface area contributed by atoms with Crippen LogP contribution in [0.5, 0.6) is 0 Å². The summed E-state index contributed by atoms with van der Waals surface area (Å²) in [7, 11) is 0. The van der Waals surface area contributed by atoms with E-state index in [0.29, 0.717) is 12.0 Å². The van der Waals surface area contributed by atoms with Gasteiger partial charge in [-0.15, -0.1) is 0 Å². The lowest BCUT2D eigenvalue weighted by Gasteiger charge is -2.19. The summed E-state index contributed by atoms with van der Waals surface area (Å²) in [6.45, 7) is 2.04. The minimum atomic E-state index is -0.797. The van der Waals surface area contributed by atoms with Gasteiger partial charge in [0, 0.05) is 12.0 Å². The molecule has 0 aromatic heterocycles. The fourth-order valence-electron chi connectivity index (χ4n) is 4.06. The van der Waals surface area contributed by atoms with E-state index in [4.69, 9.17) is 4.74 Å². The van der Waals surface area contributed by atoms with E-state index < -0.39 is 12.2 Å². The fourth-order valence-corrected chi connectivity index (χ4v) is 4.06. The molecule has 0 saturated carbocycles. The first-order valence-corrected chi connectivity index (χ1v) is 10.1. The zero-order chi connectivity index (χ0) is 21.1. The molecular weight excluding hydrogens is 381 g/mol. The van der Waals surface area contributed by atoms with Crippen molar-refractivity contribution in [3.63, 3.8) is 0 Å². The first-order chi connectivity index (χ1) is 14.5. The molecule has 0 saturated heterocycles. The van der Waals surface area contributed by atoms with Gasteiger partial charge < -0.3 is 15.2 Å². The Morgan fingerprint density at radius 2 is 1.57 bits per heavy atom. The van der Waals surface area contributed by atoms with Gasteiger partial charge >= 0.3 is 6.09 Å². The molecule has 4 nitrogen and oxygen atoms in total. The molecule has 3 aromatic carbocycles. The second kappa shape index (κ2) is 8.67. The summed E-state index contributed by atoms with van der Waals surface area (Å²) >= 11 is 0. The molecule has 30 heavy (non-hydrogen) atoms. The van der Waals surface area contributed by atoms with Crippen molar-refractivity contribution in [1.29, 1.82) is 0 Å². The largest absolute Gasteiger partial charge is 0.449 e. The van der Waals surface area contributed by atoms with Crippen molar-refractivity contribution in [3.8, 4) is 11.1 Å². The number of carbonyl (C=O) groups excluding carboxylic acids is 1. The van der Waals surface area contributed by atoms with E-state index in [1.165, 1.54) is 23.3 Å². The highest BCUT2D eigenvalue weighted by atomic mass is 19.1. The number of rotatable bonds is 6. The number of aliphatic hydroxyl groups is 1. The molecule has 0 heterocycles. The van der Waals surface area contributed by atoms with Crippen molar-refractivity contribution in [2.45, 2.75) is 31.4 Å². The van der Waals surface area contributed by atoms with Crippen molar-refractivity contribution in [3.05, 3.63) is 95.3 Å². The van der Waals surface area contributed by atoms with Crippen LogP contribution in [0.25, 0.3) is 11.1 Å². The standard InChI is InChI=1S/C25H24FNO3/c1-16(14-24(28)17-10-12-18(26)13-11-17)27-25(29)30-15-23-21-8-4-2-6-19(21)20-7-3-5-9-22(20)23/h2-13,16,23-24,28H,14-15H2,1H3,(H,27,29). The number of halogens is 1. The van der Waals surface area contributed by atoms with Gasteiger partial charge in [-0.05, 0) is 53.3 Å². The second-order valence-electron chi connectivity index (χ2n) is 7.67. The Kier molecular flexibility index (Phi) is 5.81. The normalized spacial score (nSPS) is 14.5. The van der Waals surface area contributed by atoms with Gasteiger partial charge in [-0.3, -0.25) is 0 Å². The predicted octanol–water partition coefficient (Wildman–Crippen LogP) is 5.18. The number of carbonyl (C=O) groups is 1. The lowest BCUT2D eigenvalue weighted by Crippen LogP contribution is -2.35. The summed E-state index contributed by atoms with van der Waals surface area (Å²) in [4.78, 5) is 12.3. The molecule has 1 aliphatic rings. The highest BCUT2D eigenvalue weighted by molar-refractivity contribution is 5.79. The lowest BCUT2D eigenvalue weighted by molar-refractivity contribution is 0.127. The second-order valence-corrected chi connectivity index (χ2v) is 7.67. The van der Waals surface area contributed by atoms with Crippen molar-refractivity contribution < 1.29 is 19.0 Å². The summed E-state index contributed by atoms with van der Waals surface area (Å²) in [6, 6.07) is 21.7. The summed E-state index contributed by atoms with van der Waals surface area (Å²) < 4.78 is 18.6. The number of nitrogens with one attached hydrogen (secondary N) is 1. The molecule has 5 heteroatoms. The van der Waals surface area contributed by atoms with Gasteiger partial charge in [-0.2, -0.15) is 0 Å². The van der Waals surface area contributed by atoms with Gasteiger partial charge in [0.05, 0.1) is 6.10 Å². The third-order valence-corrected chi connectivity index (χ3v) is 5.54. The number of amides is 1. The van der Waals surface area contributed by atoms with E-state index in [1.807, 2.05) is 24.3 Å². The average molecular weight is 405 g/mol. The number of alkyl carbamates (subject to hydrolysis) is 1.